The van der Waals surface area contributed by atoms with Gasteiger partial charge in [-0.3, -0.25) is 9.97 Å². The van der Waals surface area contributed by atoms with Crippen molar-refractivity contribution in [1.29, 1.82) is 0 Å². The highest BCUT2D eigenvalue weighted by molar-refractivity contribution is 6.35. The van der Waals surface area contributed by atoms with Crippen LogP contribution in [-0.2, 0) is 0 Å². The molecule has 6 heteroatoms. The van der Waals surface area contributed by atoms with E-state index in [1.54, 1.807) is 6.20 Å². The molecule has 1 aromatic carbocycles. The zero-order chi connectivity index (χ0) is 11.8. The van der Waals surface area contributed by atoms with E-state index in [0.29, 0.717) is 16.5 Å². The van der Waals surface area contributed by atoms with Crippen molar-refractivity contribution in [3.63, 3.8) is 0 Å². The van der Waals surface area contributed by atoms with E-state index in [2.05, 4.69) is 20.2 Å². The Morgan fingerprint density at radius 1 is 1.29 bits per heavy atom. The topological polar surface area (TPSA) is 74.4 Å². The lowest BCUT2D eigenvalue weighted by Gasteiger charge is -2.01. The van der Waals surface area contributed by atoms with Gasteiger partial charge in [-0.05, 0) is 17.5 Å². The van der Waals surface area contributed by atoms with Crippen LogP contribution in [0, 0.1) is 0 Å². The third kappa shape index (κ3) is 1.70. The molecule has 2 heterocycles. The minimum atomic E-state index is -0.354. The monoisotopic (exact) mass is 246 g/mol. The highest BCUT2D eigenvalue weighted by Crippen LogP contribution is 2.24. The lowest BCUT2D eigenvalue weighted by Crippen LogP contribution is -2.00. The number of rotatable bonds is 1. The van der Waals surface area contributed by atoms with Gasteiger partial charge in [0.2, 0.25) is 0 Å². The summed E-state index contributed by atoms with van der Waals surface area (Å²) in [6, 6.07) is 7.42. The maximum Gasteiger partial charge on any atom is 0.340 e. The van der Waals surface area contributed by atoms with Crippen LogP contribution in [0.25, 0.3) is 22.3 Å². The summed E-state index contributed by atoms with van der Waals surface area (Å²) in [6.07, 6.45) is 1.67. The summed E-state index contributed by atoms with van der Waals surface area (Å²) in [5.41, 5.74) is 0.242. The van der Waals surface area contributed by atoms with Gasteiger partial charge in [-0.15, -0.1) is 0 Å². The van der Waals surface area contributed by atoms with Gasteiger partial charge in [0.25, 0.3) is 0 Å². The molecule has 0 saturated heterocycles. The number of hydrogen-bond acceptors (Lipinski definition) is 3. The number of halogens is 1. The molecule has 17 heavy (non-hydrogen) atoms. The molecule has 3 rings (SSSR count). The number of aromatic nitrogens is 4. The summed E-state index contributed by atoms with van der Waals surface area (Å²) < 4.78 is 0. The van der Waals surface area contributed by atoms with Crippen LogP contribution in [0.3, 0.4) is 0 Å². The van der Waals surface area contributed by atoms with Crippen LogP contribution in [0.5, 0.6) is 0 Å². The van der Waals surface area contributed by atoms with Gasteiger partial charge < -0.3 is 0 Å². The molecule has 2 N–H and O–H groups in total. The number of pyridine rings is 1. The minimum Gasteiger partial charge on any atom is -0.288 e. The number of aromatic amines is 2. The summed E-state index contributed by atoms with van der Waals surface area (Å²) in [5.74, 6) is 0.414. The first-order chi connectivity index (χ1) is 8.24. The van der Waals surface area contributed by atoms with Crippen LogP contribution in [0.2, 0.25) is 5.02 Å². The fourth-order valence-corrected chi connectivity index (χ4v) is 1.89. The second kappa shape index (κ2) is 3.71. The standard InChI is InChI=1S/C11H7ClN4O/c12-8-3-1-2-6-4-9(13-5-7(6)8)10-14-11(17)16-15-10/h1-5H,(H2,14,15,16,17). The van der Waals surface area contributed by atoms with Crippen molar-refractivity contribution in [2.24, 2.45) is 0 Å². The largest absolute Gasteiger partial charge is 0.340 e. The highest BCUT2D eigenvalue weighted by atomic mass is 35.5. The molecular weight excluding hydrogens is 240 g/mol. The Kier molecular flexibility index (Phi) is 2.19. The number of nitrogens with zero attached hydrogens (tertiary/aromatic N) is 2. The molecular formula is C11H7ClN4O. The van der Waals surface area contributed by atoms with Gasteiger partial charge in [0.15, 0.2) is 5.82 Å². The first-order valence-electron chi connectivity index (χ1n) is 4.93. The zero-order valence-electron chi connectivity index (χ0n) is 8.57. The molecule has 0 saturated carbocycles. The lowest BCUT2D eigenvalue weighted by molar-refractivity contribution is 1.05. The Bertz CT molecular complexity index is 746. The van der Waals surface area contributed by atoms with Gasteiger partial charge in [0.05, 0.1) is 0 Å². The van der Waals surface area contributed by atoms with E-state index in [4.69, 9.17) is 11.6 Å². The molecule has 0 spiro atoms. The van der Waals surface area contributed by atoms with Crippen LogP contribution in [0.15, 0.2) is 35.3 Å². The Hall–Kier alpha value is -2.14. The molecule has 0 unspecified atom stereocenters. The Balaban J connectivity index is 2.23. The highest BCUT2D eigenvalue weighted by Gasteiger charge is 2.06. The van der Waals surface area contributed by atoms with Crippen molar-refractivity contribution in [3.05, 3.63) is 46.0 Å². The maximum atomic E-state index is 11.0. The zero-order valence-corrected chi connectivity index (χ0v) is 9.32. The number of nitrogens with one attached hydrogen (secondary N) is 2. The van der Waals surface area contributed by atoms with Crippen LogP contribution in [-0.4, -0.2) is 20.2 Å². The van der Waals surface area contributed by atoms with Gasteiger partial charge in [-0.2, -0.15) is 5.10 Å². The van der Waals surface area contributed by atoms with Crippen LogP contribution in [0.4, 0.5) is 0 Å². The minimum absolute atomic E-state index is 0.354. The van der Waals surface area contributed by atoms with E-state index in [9.17, 15) is 4.79 Å². The normalized spacial score (nSPS) is 10.9. The quantitative estimate of drug-likeness (QED) is 0.689. The molecule has 0 fully saturated rings. The molecule has 84 valence electrons. The molecule has 0 bridgehead atoms. The summed E-state index contributed by atoms with van der Waals surface area (Å²) in [6.45, 7) is 0. The van der Waals surface area contributed by atoms with E-state index < -0.39 is 0 Å². The molecule has 0 atom stereocenters. The van der Waals surface area contributed by atoms with E-state index in [1.807, 2.05) is 24.3 Å². The smallest absolute Gasteiger partial charge is 0.288 e. The van der Waals surface area contributed by atoms with Crippen LogP contribution >= 0.6 is 11.6 Å². The van der Waals surface area contributed by atoms with Crippen molar-refractivity contribution >= 4 is 22.4 Å². The Morgan fingerprint density at radius 3 is 2.94 bits per heavy atom. The van der Waals surface area contributed by atoms with Crippen LogP contribution in [0.1, 0.15) is 0 Å². The van der Waals surface area contributed by atoms with Crippen molar-refractivity contribution in [2.45, 2.75) is 0 Å². The van der Waals surface area contributed by atoms with Gasteiger partial charge in [-0.25, -0.2) is 9.89 Å². The number of H-pyrrole nitrogens is 2. The Labute approximate surface area is 100 Å². The van der Waals surface area contributed by atoms with Crippen LogP contribution < -0.4 is 5.69 Å². The third-order valence-electron chi connectivity index (χ3n) is 2.46. The SMILES string of the molecule is O=c1[nH]nc(-c2cc3cccc(Cl)c3cn2)[nH]1. The second-order valence-electron chi connectivity index (χ2n) is 3.56. The predicted molar refractivity (Wildman–Crippen MR) is 65.0 cm³/mol. The number of benzene rings is 1. The summed E-state index contributed by atoms with van der Waals surface area (Å²) in [4.78, 5) is 17.7. The van der Waals surface area contributed by atoms with Gasteiger partial charge in [0, 0.05) is 16.6 Å². The number of hydrogen-bond donors (Lipinski definition) is 2. The van der Waals surface area contributed by atoms with Crippen molar-refractivity contribution < 1.29 is 0 Å². The Morgan fingerprint density at radius 2 is 2.18 bits per heavy atom. The first-order valence-corrected chi connectivity index (χ1v) is 5.31. The lowest BCUT2D eigenvalue weighted by atomic mass is 10.1. The average Bonchev–Trinajstić information content (AvgIpc) is 2.76. The van der Waals surface area contributed by atoms with Crippen molar-refractivity contribution in [3.8, 4) is 11.5 Å². The second-order valence-corrected chi connectivity index (χ2v) is 3.96. The van der Waals surface area contributed by atoms with Gasteiger partial charge >= 0.3 is 5.69 Å². The molecule has 5 nitrogen and oxygen atoms in total. The van der Waals surface area contributed by atoms with Crippen molar-refractivity contribution in [1.82, 2.24) is 20.2 Å². The molecule has 0 radical (unpaired) electrons. The molecule has 3 aromatic rings. The average molecular weight is 247 g/mol. The van der Waals surface area contributed by atoms with E-state index in [1.165, 1.54) is 0 Å². The molecule has 0 aliphatic heterocycles. The summed E-state index contributed by atoms with van der Waals surface area (Å²) >= 11 is 6.04. The fraction of sp³-hybridized carbons (Fsp3) is 0. The predicted octanol–water partition coefficient (Wildman–Crippen LogP) is 1.97. The third-order valence-corrected chi connectivity index (χ3v) is 2.78. The number of fused-ring (bicyclic) bond motifs is 1. The molecule has 0 aliphatic rings. The molecule has 0 amide bonds. The summed E-state index contributed by atoms with van der Waals surface area (Å²) in [5, 5.41) is 8.60. The van der Waals surface area contributed by atoms with E-state index in [-0.39, 0.29) is 5.69 Å². The molecule has 2 aromatic heterocycles. The van der Waals surface area contributed by atoms with Gasteiger partial charge in [0.1, 0.15) is 5.69 Å². The van der Waals surface area contributed by atoms with E-state index >= 15 is 0 Å². The summed E-state index contributed by atoms with van der Waals surface area (Å²) in [7, 11) is 0. The van der Waals surface area contributed by atoms with Crippen molar-refractivity contribution in [2.75, 3.05) is 0 Å². The maximum absolute atomic E-state index is 11.0. The van der Waals surface area contributed by atoms with Gasteiger partial charge in [-0.1, -0.05) is 23.7 Å². The first kappa shape index (κ1) is 10.0. The fourth-order valence-electron chi connectivity index (χ4n) is 1.66. The molecule has 0 aliphatic carbocycles. The van der Waals surface area contributed by atoms with E-state index in [0.717, 1.165) is 10.8 Å².